The average Bonchev–Trinajstić information content (AvgIpc) is 2.48. The Morgan fingerprint density at radius 1 is 1.33 bits per heavy atom. The van der Waals surface area contributed by atoms with Gasteiger partial charge >= 0.3 is 0 Å². The van der Waals surface area contributed by atoms with Gasteiger partial charge in [0.1, 0.15) is 0 Å². The van der Waals surface area contributed by atoms with Crippen LogP contribution in [0.15, 0.2) is 24.3 Å². The lowest BCUT2D eigenvalue weighted by Gasteiger charge is -2.21. The molecule has 0 fully saturated rings. The lowest BCUT2D eigenvalue weighted by molar-refractivity contribution is -0.123. The lowest BCUT2D eigenvalue weighted by atomic mass is 10.2. The zero-order valence-corrected chi connectivity index (χ0v) is 13.5. The van der Waals surface area contributed by atoms with Gasteiger partial charge in [0.05, 0.1) is 13.2 Å². The summed E-state index contributed by atoms with van der Waals surface area (Å²) < 4.78 is 10.9. The van der Waals surface area contributed by atoms with Gasteiger partial charge < -0.3 is 19.9 Å². The first-order valence-electron chi connectivity index (χ1n) is 6.90. The van der Waals surface area contributed by atoms with Crippen LogP contribution in [-0.2, 0) is 4.79 Å². The smallest absolute Gasteiger partial charge is 0.258 e. The molecule has 0 bridgehead atoms. The quantitative estimate of drug-likeness (QED) is 0.726. The van der Waals surface area contributed by atoms with Gasteiger partial charge in [0, 0.05) is 11.3 Å². The molecule has 0 aliphatic carbocycles. The fraction of sp³-hybridized carbons (Fsp3) is 0.533. The molecule has 1 rings (SSSR count). The molecule has 1 aromatic carbocycles. The number of amides is 1. The predicted octanol–water partition coefficient (Wildman–Crippen LogP) is 1.69. The summed E-state index contributed by atoms with van der Waals surface area (Å²) >= 11 is 1.52. The fourth-order valence-corrected chi connectivity index (χ4v) is 2.44. The van der Waals surface area contributed by atoms with E-state index in [4.69, 9.17) is 9.47 Å². The molecular weight excluding hydrogens is 290 g/mol. The van der Waals surface area contributed by atoms with Crippen molar-refractivity contribution in [3.8, 4) is 11.5 Å². The number of carbonyl (C=O) groups is 1. The fourth-order valence-electron chi connectivity index (χ4n) is 1.81. The van der Waals surface area contributed by atoms with Gasteiger partial charge in [0.15, 0.2) is 18.1 Å². The maximum atomic E-state index is 11.9. The SMILES string of the molecule is CCOc1ccccc1OCC(=O)NC(C)C(CO)SC. The van der Waals surface area contributed by atoms with Crippen molar-refractivity contribution in [2.24, 2.45) is 0 Å². The number of benzene rings is 1. The summed E-state index contributed by atoms with van der Waals surface area (Å²) in [6, 6.07) is 7.12. The third-order valence-electron chi connectivity index (χ3n) is 2.94. The number of hydrogen-bond acceptors (Lipinski definition) is 5. The second-order valence-electron chi connectivity index (χ2n) is 4.48. The van der Waals surface area contributed by atoms with Crippen molar-refractivity contribution >= 4 is 17.7 Å². The largest absolute Gasteiger partial charge is 0.490 e. The Morgan fingerprint density at radius 3 is 2.48 bits per heavy atom. The van der Waals surface area contributed by atoms with Gasteiger partial charge in [-0.15, -0.1) is 0 Å². The summed E-state index contributed by atoms with van der Waals surface area (Å²) in [4.78, 5) is 11.9. The van der Waals surface area contributed by atoms with E-state index in [2.05, 4.69) is 5.32 Å². The lowest BCUT2D eigenvalue weighted by Crippen LogP contribution is -2.43. The molecule has 0 saturated heterocycles. The number of ether oxygens (including phenoxy) is 2. The van der Waals surface area contributed by atoms with E-state index < -0.39 is 0 Å². The number of aliphatic hydroxyl groups excluding tert-OH is 1. The maximum Gasteiger partial charge on any atom is 0.258 e. The van der Waals surface area contributed by atoms with Gasteiger partial charge in [0.2, 0.25) is 0 Å². The highest BCUT2D eigenvalue weighted by Gasteiger charge is 2.17. The van der Waals surface area contributed by atoms with E-state index in [1.807, 2.05) is 32.2 Å². The highest BCUT2D eigenvalue weighted by atomic mass is 32.2. The first-order valence-corrected chi connectivity index (χ1v) is 8.18. The summed E-state index contributed by atoms with van der Waals surface area (Å²) in [6.07, 6.45) is 1.90. The molecule has 6 heteroatoms. The highest BCUT2D eigenvalue weighted by molar-refractivity contribution is 7.99. The molecule has 0 aromatic heterocycles. The van der Waals surface area contributed by atoms with E-state index in [9.17, 15) is 9.90 Å². The molecule has 2 atom stereocenters. The molecule has 2 unspecified atom stereocenters. The van der Waals surface area contributed by atoms with E-state index in [1.54, 1.807) is 12.1 Å². The van der Waals surface area contributed by atoms with Crippen molar-refractivity contribution in [3.63, 3.8) is 0 Å². The maximum absolute atomic E-state index is 11.9. The predicted molar refractivity (Wildman–Crippen MR) is 85.1 cm³/mol. The highest BCUT2D eigenvalue weighted by Crippen LogP contribution is 2.26. The molecule has 21 heavy (non-hydrogen) atoms. The summed E-state index contributed by atoms with van der Waals surface area (Å²) in [5, 5.41) is 12.0. The molecule has 0 saturated carbocycles. The summed E-state index contributed by atoms with van der Waals surface area (Å²) in [7, 11) is 0. The van der Waals surface area contributed by atoms with E-state index in [0.29, 0.717) is 18.1 Å². The van der Waals surface area contributed by atoms with Gasteiger partial charge in [-0.1, -0.05) is 12.1 Å². The average molecular weight is 313 g/mol. The van der Waals surface area contributed by atoms with Crippen molar-refractivity contribution in [1.82, 2.24) is 5.32 Å². The van der Waals surface area contributed by atoms with E-state index in [-0.39, 0.29) is 30.4 Å². The number of aliphatic hydroxyl groups is 1. The van der Waals surface area contributed by atoms with Crippen molar-refractivity contribution in [1.29, 1.82) is 0 Å². The molecule has 1 aromatic rings. The van der Waals surface area contributed by atoms with Crippen LogP contribution in [0.25, 0.3) is 0 Å². The Hall–Kier alpha value is -1.40. The van der Waals surface area contributed by atoms with Gasteiger partial charge in [-0.25, -0.2) is 0 Å². The van der Waals surface area contributed by atoms with Gasteiger partial charge in [0.25, 0.3) is 5.91 Å². The van der Waals surface area contributed by atoms with Crippen LogP contribution < -0.4 is 14.8 Å². The molecule has 0 aliphatic rings. The number of carbonyl (C=O) groups excluding carboxylic acids is 1. The Bertz CT molecular complexity index is 437. The third-order valence-corrected chi connectivity index (χ3v) is 4.10. The molecule has 5 nitrogen and oxygen atoms in total. The van der Waals surface area contributed by atoms with Gasteiger partial charge in [-0.05, 0) is 32.2 Å². The van der Waals surface area contributed by atoms with Crippen molar-refractivity contribution in [2.75, 3.05) is 26.1 Å². The van der Waals surface area contributed by atoms with Crippen LogP contribution in [0.4, 0.5) is 0 Å². The topological polar surface area (TPSA) is 67.8 Å². The minimum atomic E-state index is -0.221. The van der Waals surface area contributed by atoms with Crippen LogP contribution in [0, 0.1) is 0 Å². The van der Waals surface area contributed by atoms with E-state index in [1.165, 1.54) is 11.8 Å². The standard InChI is InChI=1S/C15H23NO4S/c1-4-19-12-7-5-6-8-13(12)20-10-15(18)16-11(2)14(9-17)21-3/h5-8,11,14,17H,4,9-10H2,1-3H3,(H,16,18). The first kappa shape index (κ1) is 17.7. The van der Waals surface area contributed by atoms with Crippen LogP contribution in [-0.4, -0.2) is 48.4 Å². The van der Waals surface area contributed by atoms with E-state index in [0.717, 1.165) is 0 Å². The molecular formula is C15H23NO4S. The molecule has 1 amide bonds. The van der Waals surface area contributed by atoms with Crippen LogP contribution in [0.5, 0.6) is 11.5 Å². The second-order valence-corrected chi connectivity index (χ2v) is 5.56. The number of thioether (sulfide) groups is 1. The van der Waals surface area contributed by atoms with E-state index >= 15 is 0 Å². The van der Waals surface area contributed by atoms with Crippen LogP contribution in [0.3, 0.4) is 0 Å². The van der Waals surface area contributed by atoms with Crippen LogP contribution in [0.2, 0.25) is 0 Å². The Kier molecular flexibility index (Phi) is 8.00. The van der Waals surface area contributed by atoms with Crippen molar-refractivity contribution in [2.45, 2.75) is 25.1 Å². The van der Waals surface area contributed by atoms with Crippen LogP contribution in [0.1, 0.15) is 13.8 Å². The summed E-state index contributed by atoms with van der Waals surface area (Å²) in [6.45, 7) is 4.24. The molecule has 2 N–H and O–H groups in total. The minimum absolute atomic E-state index is 0.0235. The summed E-state index contributed by atoms with van der Waals surface area (Å²) in [5.74, 6) is 0.949. The molecule has 0 radical (unpaired) electrons. The van der Waals surface area contributed by atoms with Crippen molar-refractivity contribution < 1.29 is 19.4 Å². The monoisotopic (exact) mass is 313 g/mol. The first-order chi connectivity index (χ1) is 10.1. The normalized spacial score (nSPS) is 13.3. The molecule has 0 heterocycles. The van der Waals surface area contributed by atoms with Crippen molar-refractivity contribution in [3.05, 3.63) is 24.3 Å². The number of nitrogens with one attached hydrogen (secondary N) is 1. The second kappa shape index (κ2) is 9.52. The third kappa shape index (κ3) is 5.85. The van der Waals surface area contributed by atoms with Gasteiger partial charge in [-0.2, -0.15) is 11.8 Å². The Morgan fingerprint density at radius 2 is 1.95 bits per heavy atom. The number of hydrogen-bond donors (Lipinski definition) is 2. The zero-order chi connectivity index (χ0) is 15.7. The Labute approximate surface area is 130 Å². The van der Waals surface area contributed by atoms with Crippen LogP contribution >= 0.6 is 11.8 Å². The number of rotatable bonds is 9. The molecule has 118 valence electrons. The molecule has 0 spiro atoms. The molecule has 0 aliphatic heterocycles. The number of para-hydroxylation sites is 2. The summed E-state index contributed by atoms with van der Waals surface area (Å²) in [5.41, 5.74) is 0. The van der Waals surface area contributed by atoms with Gasteiger partial charge in [-0.3, -0.25) is 4.79 Å². The Balaban J connectivity index is 2.50. The zero-order valence-electron chi connectivity index (χ0n) is 12.7. The minimum Gasteiger partial charge on any atom is -0.490 e.